The van der Waals surface area contributed by atoms with Crippen LogP contribution in [0.5, 0.6) is 17.2 Å². The zero-order chi connectivity index (χ0) is 47.8. The second kappa shape index (κ2) is 21.0. The molecule has 1 amide bonds. The number of halogens is 6. The number of H-pyrrole nitrogens is 1. The maximum Gasteiger partial charge on any atom is 0.402 e. The number of carbonyl (C=O) groups is 1. The van der Waals surface area contributed by atoms with Crippen LogP contribution < -0.4 is 25.1 Å². The van der Waals surface area contributed by atoms with E-state index < -0.39 is 86.5 Å². The largest absolute Gasteiger partial charge is 0.494 e. The molecule has 7 rings (SSSR count). The first-order valence-electron chi connectivity index (χ1n) is 20.9. The second-order valence-electron chi connectivity index (χ2n) is 15.0. The fourth-order valence-corrected chi connectivity index (χ4v) is 7.47. The summed E-state index contributed by atoms with van der Waals surface area (Å²) in [4.78, 5) is 37.0. The minimum absolute atomic E-state index is 0.215. The van der Waals surface area contributed by atoms with E-state index in [1.807, 2.05) is 68.4 Å². The Morgan fingerprint density at radius 1 is 0.806 bits per heavy atom. The van der Waals surface area contributed by atoms with E-state index in [-0.39, 0.29) is 17.1 Å². The van der Waals surface area contributed by atoms with E-state index in [0.717, 1.165) is 10.9 Å². The predicted molar refractivity (Wildman–Crippen MR) is 227 cm³/mol. The average Bonchev–Trinajstić information content (AvgIpc) is 3.87. The highest BCUT2D eigenvalue weighted by Gasteiger charge is 2.57. The topological polar surface area (TPSA) is 178 Å². The van der Waals surface area contributed by atoms with E-state index >= 15 is 0 Å². The number of amides is 1. The number of nitrogens with one attached hydrogen (secondary N) is 2. The van der Waals surface area contributed by atoms with Crippen LogP contribution in [0.2, 0.25) is 0 Å². The van der Waals surface area contributed by atoms with Crippen molar-refractivity contribution in [3.05, 3.63) is 143 Å². The SMILES string of the molecule is CCOc1ccc(C(OC[C@H]2O[C@@H](n3cnc4c(=O)[nH]c(NC(=O)COc5ccccc5)nc43)[C@H](OCOCC(C(F)(F)F)C(F)(F)F)[C@@H]2O)(c2ccccc2)c2ccc(OCC)cc2)cc1. The highest BCUT2D eigenvalue weighted by Crippen LogP contribution is 2.44. The maximum atomic E-state index is 13.4. The number of aliphatic hydroxyl groups is 1. The second-order valence-corrected chi connectivity index (χ2v) is 15.0. The van der Waals surface area contributed by atoms with Crippen molar-refractivity contribution in [2.75, 3.05) is 45.1 Å². The molecule has 0 unspecified atom stereocenters. The Morgan fingerprint density at radius 3 is 1.93 bits per heavy atom. The number of carbonyl (C=O) groups excluding carboxylic acids is 1. The van der Waals surface area contributed by atoms with Crippen LogP contribution in [-0.2, 0) is 29.3 Å². The number of imidazole rings is 1. The van der Waals surface area contributed by atoms with E-state index in [9.17, 15) is 41.0 Å². The van der Waals surface area contributed by atoms with Crippen molar-refractivity contribution in [2.24, 2.45) is 5.92 Å². The summed E-state index contributed by atoms with van der Waals surface area (Å²) < 4.78 is 122. The number of aliphatic hydroxyl groups excluding tert-OH is 1. The average molecular weight is 942 g/mol. The summed E-state index contributed by atoms with van der Waals surface area (Å²) in [7, 11) is 0. The molecule has 356 valence electrons. The van der Waals surface area contributed by atoms with Crippen LogP contribution in [0.25, 0.3) is 11.2 Å². The van der Waals surface area contributed by atoms with Gasteiger partial charge in [0, 0.05) is 0 Å². The van der Waals surface area contributed by atoms with Gasteiger partial charge in [0.2, 0.25) is 5.95 Å². The van der Waals surface area contributed by atoms with Gasteiger partial charge in [0.05, 0.1) is 32.8 Å². The van der Waals surface area contributed by atoms with E-state index in [1.165, 1.54) is 0 Å². The molecule has 0 radical (unpaired) electrons. The summed E-state index contributed by atoms with van der Waals surface area (Å²) in [5, 5.41) is 14.4. The number of aromatic amines is 1. The number of anilines is 1. The summed E-state index contributed by atoms with van der Waals surface area (Å²) in [6.45, 7) is 0.586. The number of rotatable bonds is 20. The Kier molecular flexibility index (Phi) is 15.2. The predicted octanol–water partition coefficient (Wildman–Crippen LogP) is 7.30. The number of ether oxygens (including phenoxy) is 7. The molecule has 4 aromatic carbocycles. The molecule has 3 N–H and O–H groups in total. The Labute approximate surface area is 378 Å². The van der Waals surface area contributed by atoms with Crippen molar-refractivity contribution in [3.63, 3.8) is 0 Å². The van der Waals surface area contributed by atoms with Gasteiger partial charge < -0.3 is 38.3 Å². The van der Waals surface area contributed by atoms with Crippen molar-refractivity contribution in [3.8, 4) is 17.2 Å². The molecule has 1 saturated heterocycles. The van der Waals surface area contributed by atoms with E-state index in [0.29, 0.717) is 47.2 Å². The van der Waals surface area contributed by atoms with Gasteiger partial charge in [-0.25, -0.2) is 4.98 Å². The van der Waals surface area contributed by atoms with E-state index in [2.05, 4.69) is 20.3 Å². The van der Waals surface area contributed by atoms with Gasteiger partial charge in [0.15, 0.2) is 29.9 Å². The monoisotopic (exact) mass is 941 g/mol. The Bertz CT molecular complexity index is 2530. The lowest BCUT2D eigenvalue weighted by molar-refractivity contribution is -0.299. The zero-order valence-electron chi connectivity index (χ0n) is 35.8. The van der Waals surface area contributed by atoms with Gasteiger partial charge in [-0.05, 0) is 66.9 Å². The van der Waals surface area contributed by atoms with Crippen LogP contribution >= 0.6 is 0 Å². The Hall–Kier alpha value is -6.52. The van der Waals surface area contributed by atoms with E-state index in [4.69, 9.17) is 33.2 Å². The van der Waals surface area contributed by atoms with Crippen LogP contribution in [0.4, 0.5) is 32.3 Å². The van der Waals surface area contributed by atoms with Crippen LogP contribution in [0.3, 0.4) is 0 Å². The van der Waals surface area contributed by atoms with Gasteiger partial charge in [0.1, 0.15) is 48.0 Å². The fraction of sp³-hybridized carbons (Fsp3) is 0.348. The zero-order valence-corrected chi connectivity index (χ0v) is 35.8. The molecule has 3 heterocycles. The molecule has 1 aliphatic rings. The Balaban J connectivity index is 1.23. The molecule has 2 aromatic heterocycles. The molecule has 0 saturated carbocycles. The molecular weight excluding hydrogens is 897 g/mol. The van der Waals surface area contributed by atoms with Crippen molar-refractivity contribution < 1.29 is 69.4 Å². The normalized spacial score (nSPS) is 17.8. The molecule has 1 fully saturated rings. The fourth-order valence-electron chi connectivity index (χ4n) is 7.47. The number of benzene rings is 4. The first-order valence-corrected chi connectivity index (χ1v) is 20.9. The Morgan fingerprint density at radius 2 is 1.36 bits per heavy atom. The van der Waals surface area contributed by atoms with Gasteiger partial charge in [-0.2, -0.15) is 31.3 Å². The molecule has 6 aromatic rings. The molecule has 1 aliphatic heterocycles. The third kappa shape index (κ3) is 11.2. The lowest BCUT2D eigenvalue weighted by Crippen LogP contribution is -2.41. The highest BCUT2D eigenvalue weighted by atomic mass is 19.4. The highest BCUT2D eigenvalue weighted by molar-refractivity contribution is 5.90. The summed E-state index contributed by atoms with van der Waals surface area (Å²) >= 11 is 0. The number of nitrogens with zero attached hydrogens (tertiary/aromatic N) is 3. The minimum Gasteiger partial charge on any atom is -0.494 e. The van der Waals surface area contributed by atoms with Gasteiger partial charge in [-0.15, -0.1) is 0 Å². The third-order valence-electron chi connectivity index (χ3n) is 10.6. The quantitative estimate of drug-likeness (QED) is 0.0302. The lowest BCUT2D eigenvalue weighted by Gasteiger charge is -2.37. The van der Waals surface area contributed by atoms with Crippen molar-refractivity contribution in [1.29, 1.82) is 0 Å². The summed E-state index contributed by atoms with van der Waals surface area (Å²) in [5.74, 6) is -3.33. The maximum absolute atomic E-state index is 13.4. The molecule has 4 atom stereocenters. The number of hydrogen-bond donors (Lipinski definition) is 3. The molecule has 0 aliphatic carbocycles. The molecular formula is C46H45F6N5O10. The van der Waals surface area contributed by atoms with Crippen molar-refractivity contribution in [1.82, 2.24) is 19.5 Å². The van der Waals surface area contributed by atoms with Gasteiger partial charge in [0.25, 0.3) is 11.5 Å². The smallest absolute Gasteiger partial charge is 0.402 e. The molecule has 67 heavy (non-hydrogen) atoms. The number of alkyl halides is 6. The van der Waals surface area contributed by atoms with Gasteiger partial charge in [-0.1, -0.05) is 72.8 Å². The molecule has 15 nitrogen and oxygen atoms in total. The summed E-state index contributed by atoms with van der Waals surface area (Å²) in [5.41, 5.74) is -0.848. The number of hydrogen-bond acceptors (Lipinski definition) is 12. The lowest BCUT2D eigenvalue weighted by atomic mass is 9.80. The van der Waals surface area contributed by atoms with Crippen LogP contribution in [-0.4, -0.2) is 101 Å². The van der Waals surface area contributed by atoms with Crippen molar-refractivity contribution in [2.45, 2.75) is 56.3 Å². The molecule has 21 heteroatoms. The van der Waals surface area contributed by atoms with Crippen LogP contribution in [0.1, 0.15) is 36.8 Å². The van der Waals surface area contributed by atoms with Gasteiger partial charge in [-0.3, -0.25) is 24.5 Å². The standard InChI is InChI=1S/C46H45F6N5O10/c1-3-62-32-19-15-29(16-20-32)44(28-11-7-5-8-12-28,30-17-21-33(22-18-30)63-4-2)66-23-34-38(59)39(65-27-61-24-35(45(47,48)49)46(50,51)52)42(67-34)57-26-53-37-40(57)55-43(56-41(37)60)54-36(58)25-64-31-13-9-6-10-14-31/h5-22,26,34-35,38-39,42,59H,3-4,23-25,27H2,1-2H3,(H2,54,55,56,58,60)/t34-,38-,39-,42-/m1/s1. The third-order valence-corrected chi connectivity index (χ3v) is 10.6. The summed E-state index contributed by atoms with van der Waals surface area (Å²) in [6, 6.07) is 31.9. The van der Waals surface area contributed by atoms with E-state index in [1.54, 1.807) is 54.6 Å². The molecule has 0 bridgehead atoms. The molecule has 0 spiro atoms. The summed E-state index contributed by atoms with van der Waals surface area (Å²) in [6.07, 6.45) is -16.5. The number of para-hydroxylation sites is 1. The minimum atomic E-state index is -5.69. The number of fused-ring (bicyclic) bond motifs is 1. The number of aromatic nitrogens is 4. The first kappa shape index (κ1) is 48.4. The van der Waals surface area contributed by atoms with Crippen LogP contribution in [0.15, 0.2) is 120 Å². The van der Waals surface area contributed by atoms with Crippen LogP contribution in [0, 0.1) is 5.92 Å². The van der Waals surface area contributed by atoms with Gasteiger partial charge >= 0.3 is 12.4 Å². The first-order chi connectivity index (χ1) is 32.1. The van der Waals surface area contributed by atoms with Crippen molar-refractivity contribution >= 4 is 23.0 Å².